The van der Waals surface area contributed by atoms with Crippen LogP contribution in [0.15, 0.2) is 54.7 Å². The van der Waals surface area contributed by atoms with Gasteiger partial charge in [-0.05, 0) is 47.7 Å². The van der Waals surface area contributed by atoms with E-state index in [1.807, 2.05) is 30.3 Å². The molecule has 0 spiro atoms. The number of halogens is 1. The van der Waals surface area contributed by atoms with Crippen LogP contribution < -0.4 is 5.32 Å². The Kier molecular flexibility index (Phi) is 5.72. The van der Waals surface area contributed by atoms with Gasteiger partial charge in [-0.1, -0.05) is 50.6 Å². The summed E-state index contributed by atoms with van der Waals surface area (Å²) in [6.45, 7) is 9.99. The van der Waals surface area contributed by atoms with Gasteiger partial charge in [0.1, 0.15) is 0 Å². The summed E-state index contributed by atoms with van der Waals surface area (Å²) in [5.41, 5.74) is 5.19. The van der Waals surface area contributed by atoms with Gasteiger partial charge in [-0.2, -0.15) is 0 Å². The summed E-state index contributed by atoms with van der Waals surface area (Å²) in [6.07, 6.45) is 5.45. The molecular formula is C25H28ClN3O. The highest BCUT2D eigenvalue weighted by molar-refractivity contribution is 6.34. The van der Waals surface area contributed by atoms with E-state index >= 15 is 0 Å². The van der Waals surface area contributed by atoms with Gasteiger partial charge in [-0.15, -0.1) is 0 Å². The van der Waals surface area contributed by atoms with Gasteiger partial charge < -0.3 is 10.3 Å². The van der Waals surface area contributed by atoms with Crippen LogP contribution in [0.25, 0.3) is 16.5 Å². The molecule has 1 amide bonds. The molecule has 0 radical (unpaired) electrons. The Labute approximate surface area is 182 Å². The molecule has 30 heavy (non-hydrogen) atoms. The third-order valence-corrected chi connectivity index (χ3v) is 5.72. The summed E-state index contributed by atoms with van der Waals surface area (Å²) >= 11 is 6.16. The molecule has 0 saturated carbocycles. The van der Waals surface area contributed by atoms with Crippen LogP contribution in [0.3, 0.4) is 0 Å². The summed E-state index contributed by atoms with van der Waals surface area (Å²) in [5.74, 6) is -0.202. The minimum atomic E-state index is -0.202. The maximum absolute atomic E-state index is 12.6. The molecule has 3 aromatic rings. The van der Waals surface area contributed by atoms with Crippen LogP contribution in [-0.2, 0) is 0 Å². The molecule has 1 aromatic heterocycles. The molecule has 2 N–H and O–H groups in total. The number of benzene rings is 2. The second kappa shape index (κ2) is 8.29. The molecular weight excluding hydrogens is 394 g/mol. The van der Waals surface area contributed by atoms with Gasteiger partial charge in [0.05, 0.1) is 10.6 Å². The van der Waals surface area contributed by atoms with Gasteiger partial charge in [-0.3, -0.25) is 9.69 Å². The average Bonchev–Trinajstić information content (AvgIpc) is 3.11. The van der Waals surface area contributed by atoms with E-state index < -0.39 is 0 Å². The van der Waals surface area contributed by atoms with Crippen LogP contribution >= 0.6 is 11.6 Å². The van der Waals surface area contributed by atoms with Gasteiger partial charge in [0.25, 0.3) is 5.91 Å². The zero-order valence-electron chi connectivity index (χ0n) is 17.8. The van der Waals surface area contributed by atoms with Crippen molar-refractivity contribution in [1.29, 1.82) is 0 Å². The average molecular weight is 422 g/mol. The van der Waals surface area contributed by atoms with E-state index in [0.717, 1.165) is 42.6 Å². The number of aromatic amines is 1. The maximum atomic E-state index is 12.6. The highest BCUT2D eigenvalue weighted by Crippen LogP contribution is 2.32. The predicted octanol–water partition coefficient (Wildman–Crippen LogP) is 6.21. The van der Waals surface area contributed by atoms with Crippen molar-refractivity contribution < 1.29 is 4.79 Å². The molecule has 0 saturated heterocycles. The Morgan fingerprint density at radius 2 is 2.00 bits per heavy atom. The molecule has 5 heteroatoms. The molecule has 2 heterocycles. The first-order chi connectivity index (χ1) is 14.3. The predicted molar refractivity (Wildman–Crippen MR) is 126 cm³/mol. The number of fused-ring (bicyclic) bond motifs is 1. The fourth-order valence-electron chi connectivity index (χ4n) is 4.08. The Balaban J connectivity index is 1.55. The van der Waals surface area contributed by atoms with Crippen LogP contribution in [0.2, 0.25) is 5.02 Å². The number of carbonyl (C=O) groups is 1. The van der Waals surface area contributed by atoms with Crippen molar-refractivity contribution in [2.45, 2.75) is 27.2 Å². The lowest BCUT2D eigenvalue weighted by Gasteiger charge is -2.32. The monoisotopic (exact) mass is 421 g/mol. The minimum absolute atomic E-state index is 0.202. The van der Waals surface area contributed by atoms with E-state index in [-0.39, 0.29) is 5.91 Å². The first-order valence-corrected chi connectivity index (χ1v) is 10.8. The highest BCUT2D eigenvalue weighted by Gasteiger charge is 2.20. The van der Waals surface area contributed by atoms with Crippen molar-refractivity contribution in [3.05, 3.63) is 70.9 Å². The molecule has 1 aliphatic heterocycles. The summed E-state index contributed by atoms with van der Waals surface area (Å²) in [5, 5.41) is 4.56. The Morgan fingerprint density at radius 1 is 1.20 bits per heavy atom. The third-order valence-electron chi connectivity index (χ3n) is 5.40. The minimum Gasteiger partial charge on any atom is -0.361 e. The molecule has 156 valence electrons. The lowest BCUT2D eigenvalue weighted by atomic mass is 9.93. The van der Waals surface area contributed by atoms with Gasteiger partial charge in [0.2, 0.25) is 0 Å². The van der Waals surface area contributed by atoms with Crippen molar-refractivity contribution in [2.24, 2.45) is 5.41 Å². The lowest BCUT2D eigenvalue weighted by molar-refractivity contribution is 0.102. The number of anilines is 1. The summed E-state index contributed by atoms with van der Waals surface area (Å²) in [4.78, 5) is 18.5. The number of nitrogens with zero attached hydrogens (tertiary/aromatic N) is 1. The fraction of sp³-hybridized carbons (Fsp3) is 0.320. The summed E-state index contributed by atoms with van der Waals surface area (Å²) in [6, 6.07) is 13.0. The molecule has 1 aliphatic rings. The number of rotatable bonds is 4. The molecule has 0 fully saturated rings. The van der Waals surface area contributed by atoms with E-state index in [1.54, 1.807) is 12.1 Å². The fourth-order valence-corrected chi connectivity index (χ4v) is 4.30. The van der Waals surface area contributed by atoms with Gasteiger partial charge in [0.15, 0.2) is 0 Å². The van der Waals surface area contributed by atoms with E-state index in [1.165, 1.54) is 11.1 Å². The number of amides is 1. The molecule has 0 unspecified atom stereocenters. The number of hydrogen-bond donors (Lipinski definition) is 2. The topological polar surface area (TPSA) is 48.1 Å². The molecule has 0 aliphatic carbocycles. The maximum Gasteiger partial charge on any atom is 0.257 e. The summed E-state index contributed by atoms with van der Waals surface area (Å²) in [7, 11) is 0. The van der Waals surface area contributed by atoms with Crippen molar-refractivity contribution in [3.63, 3.8) is 0 Å². The van der Waals surface area contributed by atoms with E-state index in [2.05, 4.69) is 48.2 Å². The van der Waals surface area contributed by atoms with Gasteiger partial charge in [0, 0.05) is 48.0 Å². The molecule has 0 atom stereocenters. The SMILES string of the molecule is CC(C)(C)CN1CC=C(c2c[nH]c3ccc(NC(=O)c4ccccc4Cl)cc23)CC1. The second-order valence-corrected chi connectivity index (χ2v) is 9.58. The van der Waals surface area contributed by atoms with Crippen LogP contribution in [-0.4, -0.2) is 35.4 Å². The summed E-state index contributed by atoms with van der Waals surface area (Å²) < 4.78 is 0. The number of H-pyrrole nitrogens is 1. The number of hydrogen-bond acceptors (Lipinski definition) is 2. The molecule has 4 rings (SSSR count). The zero-order valence-corrected chi connectivity index (χ0v) is 18.5. The Morgan fingerprint density at radius 3 is 2.70 bits per heavy atom. The molecule has 0 bridgehead atoms. The van der Waals surface area contributed by atoms with Crippen LogP contribution in [0.1, 0.15) is 43.1 Å². The number of nitrogens with one attached hydrogen (secondary N) is 2. The van der Waals surface area contributed by atoms with Crippen molar-refractivity contribution in [2.75, 3.05) is 25.0 Å². The molecule has 2 aromatic carbocycles. The molecule has 4 nitrogen and oxygen atoms in total. The first-order valence-electron chi connectivity index (χ1n) is 10.4. The smallest absolute Gasteiger partial charge is 0.257 e. The number of carbonyl (C=O) groups excluding carboxylic acids is 1. The van der Waals surface area contributed by atoms with E-state index in [0.29, 0.717) is 16.0 Å². The van der Waals surface area contributed by atoms with Crippen molar-refractivity contribution in [1.82, 2.24) is 9.88 Å². The lowest BCUT2D eigenvalue weighted by Crippen LogP contribution is -2.35. The van der Waals surface area contributed by atoms with Gasteiger partial charge in [-0.25, -0.2) is 0 Å². The zero-order chi connectivity index (χ0) is 21.3. The Hall–Kier alpha value is -2.56. The Bertz CT molecular complexity index is 1110. The standard InChI is InChI=1S/C25H28ClN3O/c1-25(2,3)16-29-12-10-17(11-13-29)21-15-27-23-9-8-18(14-20(21)23)28-24(30)19-6-4-5-7-22(19)26/h4-10,14-15,27H,11-13,16H2,1-3H3,(H,28,30). The van der Waals surface area contributed by atoms with E-state index in [4.69, 9.17) is 11.6 Å². The second-order valence-electron chi connectivity index (χ2n) is 9.17. The van der Waals surface area contributed by atoms with E-state index in [9.17, 15) is 4.79 Å². The normalized spacial score (nSPS) is 15.3. The van der Waals surface area contributed by atoms with Crippen LogP contribution in [0, 0.1) is 5.41 Å². The van der Waals surface area contributed by atoms with Crippen LogP contribution in [0.5, 0.6) is 0 Å². The first kappa shape index (κ1) is 20.7. The van der Waals surface area contributed by atoms with Crippen LogP contribution in [0.4, 0.5) is 5.69 Å². The number of aromatic nitrogens is 1. The van der Waals surface area contributed by atoms with Crippen molar-refractivity contribution in [3.8, 4) is 0 Å². The van der Waals surface area contributed by atoms with Crippen molar-refractivity contribution >= 4 is 39.7 Å². The third kappa shape index (κ3) is 4.61. The largest absolute Gasteiger partial charge is 0.361 e. The highest BCUT2D eigenvalue weighted by atomic mass is 35.5. The quantitative estimate of drug-likeness (QED) is 0.526. The van der Waals surface area contributed by atoms with Gasteiger partial charge >= 0.3 is 0 Å².